The molecule has 7 nitrogen and oxygen atoms in total. The van der Waals surface area contributed by atoms with Crippen LogP contribution in [0.5, 0.6) is 0 Å². The summed E-state index contributed by atoms with van der Waals surface area (Å²) in [5.74, 6) is -1.58. The summed E-state index contributed by atoms with van der Waals surface area (Å²) >= 11 is 0. The smallest absolute Gasteiger partial charge is 0.252 e. The van der Waals surface area contributed by atoms with Gasteiger partial charge in [0, 0.05) is 17.3 Å². The molecule has 4 rings (SSSR count). The molecule has 0 unspecified atom stereocenters. The predicted molar refractivity (Wildman–Crippen MR) is 118 cm³/mol. The summed E-state index contributed by atoms with van der Waals surface area (Å²) in [6, 6.07) is 18.7. The van der Waals surface area contributed by atoms with Gasteiger partial charge in [0.25, 0.3) is 5.91 Å². The van der Waals surface area contributed by atoms with Crippen LogP contribution in [0.25, 0.3) is 10.9 Å². The van der Waals surface area contributed by atoms with E-state index in [1.54, 1.807) is 12.3 Å². The van der Waals surface area contributed by atoms with Crippen molar-refractivity contribution in [3.05, 3.63) is 89.9 Å². The van der Waals surface area contributed by atoms with Crippen LogP contribution in [0.15, 0.2) is 72.9 Å². The lowest BCUT2D eigenvalue weighted by atomic mass is 10.1. The number of hydrogen-bond acceptors (Lipinski definition) is 6. The molecule has 0 radical (unpaired) electrons. The molecule has 2 heterocycles. The Balaban J connectivity index is 1.69. The standard InChI is InChI=1S/C23H20FN5O2/c24-18-12-17(21(25)31)22(27-16-8-9-19-15(11-16)7-4-10-26-19)29-23(18)28-20(13-30)14-5-2-1-3-6-14/h1-12,20,30H,13H2,(H2,25,31)(H2,27,28,29)/t20-/m0/s1. The molecule has 1 amide bonds. The number of nitrogens with two attached hydrogens (primary N) is 1. The minimum absolute atomic E-state index is 0.0883. The van der Waals surface area contributed by atoms with Gasteiger partial charge in [0.1, 0.15) is 5.82 Å². The van der Waals surface area contributed by atoms with E-state index in [0.717, 1.165) is 22.5 Å². The molecule has 4 aromatic rings. The van der Waals surface area contributed by atoms with Crippen LogP contribution in [0.2, 0.25) is 0 Å². The second-order valence-corrected chi connectivity index (χ2v) is 6.91. The highest BCUT2D eigenvalue weighted by atomic mass is 19.1. The molecule has 2 aromatic carbocycles. The van der Waals surface area contributed by atoms with E-state index >= 15 is 0 Å². The van der Waals surface area contributed by atoms with Crippen molar-refractivity contribution in [1.82, 2.24) is 9.97 Å². The second-order valence-electron chi connectivity index (χ2n) is 6.91. The van der Waals surface area contributed by atoms with Crippen molar-refractivity contribution >= 4 is 34.1 Å². The van der Waals surface area contributed by atoms with Crippen molar-refractivity contribution in [1.29, 1.82) is 0 Å². The summed E-state index contributed by atoms with van der Waals surface area (Å²) < 4.78 is 14.7. The third-order valence-corrected chi connectivity index (χ3v) is 4.80. The van der Waals surface area contributed by atoms with Crippen LogP contribution in [0.1, 0.15) is 22.0 Å². The Morgan fingerprint density at radius 1 is 1.06 bits per heavy atom. The van der Waals surface area contributed by atoms with E-state index < -0.39 is 17.8 Å². The second kappa shape index (κ2) is 8.76. The first-order valence-corrected chi connectivity index (χ1v) is 9.59. The molecule has 0 aliphatic heterocycles. The maximum atomic E-state index is 14.7. The van der Waals surface area contributed by atoms with E-state index in [4.69, 9.17) is 5.73 Å². The highest BCUT2D eigenvalue weighted by Gasteiger charge is 2.19. The summed E-state index contributed by atoms with van der Waals surface area (Å²) in [5.41, 5.74) is 7.56. The maximum absolute atomic E-state index is 14.7. The number of nitrogens with one attached hydrogen (secondary N) is 2. The fourth-order valence-electron chi connectivity index (χ4n) is 3.25. The van der Waals surface area contributed by atoms with Crippen molar-refractivity contribution in [2.45, 2.75) is 6.04 Å². The zero-order valence-corrected chi connectivity index (χ0v) is 16.4. The quantitative estimate of drug-likeness (QED) is 0.364. The number of benzene rings is 2. The van der Waals surface area contributed by atoms with E-state index in [1.807, 2.05) is 54.6 Å². The molecule has 0 bridgehead atoms. The van der Waals surface area contributed by atoms with E-state index in [1.165, 1.54) is 0 Å². The summed E-state index contributed by atoms with van der Waals surface area (Å²) in [4.78, 5) is 20.4. The number of nitrogens with zero attached hydrogens (tertiary/aromatic N) is 2. The van der Waals surface area contributed by atoms with E-state index in [-0.39, 0.29) is 23.8 Å². The minimum Gasteiger partial charge on any atom is -0.394 e. The molecular weight excluding hydrogens is 397 g/mol. The molecule has 31 heavy (non-hydrogen) atoms. The maximum Gasteiger partial charge on any atom is 0.252 e. The lowest BCUT2D eigenvalue weighted by molar-refractivity contribution is 0.100. The molecule has 0 saturated heterocycles. The molecule has 0 spiro atoms. The first-order chi connectivity index (χ1) is 15.0. The average molecular weight is 417 g/mol. The largest absolute Gasteiger partial charge is 0.394 e. The number of aromatic nitrogens is 2. The van der Waals surface area contributed by atoms with E-state index in [9.17, 15) is 14.3 Å². The summed E-state index contributed by atoms with van der Waals surface area (Å²) in [7, 11) is 0. The molecule has 0 fully saturated rings. The molecule has 8 heteroatoms. The number of carbonyl (C=O) groups excluding carboxylic acids is 1. The predicted octanol–water partition coefficient (Wildman–Crippen LogP) is 3.76. The minimum atomic E-state index is -0.815. The molecule has 156 valence electrons. The first-order valence-electron chi connectivity index (χ1n) is 9.59. The van der Waals surface area contributed by atoms with Crippen LogP contribution in [0, 0.1) is 5.82 Å². The van der Waals surface area contributed by atoms with E-state index in [0.29, 0.717) is 5.69 Å². The zero-order valence-electron chi connectivity index (χ0n) is 16.4. The number of rotatable bonds is 7. The van der Waals surface area contributed by atoms with Gasteiger partial charge in [-0.1, -0.05) is 36.4 Å². The fraction of sp³-hybridized carbons (Fsp3) is 0.0870. The van der Waals surface area contributed by atoms with Gasteiger partial charge < -0.3 is 21.5 Å². The van der Waals surface area contributed by atoms with Crippen molar-refractivity contribution in [2.75, 3.05) is 17.2 Å². The highest BCUT2D eigenvalue weighted by molar-refractivity contribution is 5.99. The lowest BCUT2D eigenvalue weighted by Crippen LogP contribution is -2.19. The number of hydrogen-bond donors (Lipinski definition) is 4. The van der Waals surface area contributed by atoms with Crippen molar-refractivity contribution in [3.8, 4) is 0 Å². The molecule has 2 aromatic heterocycles. The van der Waals surface area contributed by atoms with Gasteiger partial charge in [0.2, 0.25) is 0 Å². The van der Waals surface area contributed by atoms with Crippen LogP contribution >= 0.6 is 0 Å². The fourth-order valence-corrected chi connectivity index (χ4v) is 3.25. The summed E-state index contributed by atoms with van der Waals surface area (Å²) in [5, 5.41) is 16.6. The van der Waals surface area contributed by atoms with Gasteiger partial charge in [-0.15, -0.1) is 0 Å². The molecule has 0 aliphatic rings. The highest BCUT2D eigenvalue weighted by Crippen LogP contribution is 2.27. The number of fused-ring (bicyclic) bond motifs is 1. The van der Waals surface area contributed by atoms with Crippen LogP contribution in [0.4, 0.5) is 21.7 Å². The molecule has 0 saturated carbocycles. The number of primary amides is 1. The topological polar surface area (TPSA) is 113 Å². The van der Waals surface area contributed by atoms with Gasteiger partial charge in [-0.3, -0.25) is 9.78 Å². The number of amides is 1. The number of aliphatic hydroxyl groups is 1. The molecular formula is C23H20FN5O2. The van der Waals surface area contributed by atoms with Crippen LogP contribution in [-0.4, -0.2) is 27.6 Å². The van der Waals surface area contributed by atoms with Crippen LogP contribution < -0.4 is 16.4 Å². The number of aliphatic hydroxyl groups excluding tert-OH is 1. The number of anilines is 3. The van der Waals surface area contributed by atoms with Gasteiger partial charge >= 0.3 is 0 Å². The number of pyridine rings is 2. The first kappa shape index (κ1) is 20.2. The Morgan fingerprint density at radius 3 is 2.61 bits per heavy atom. The van der Waals surface area contributed by atoms with Crippen LogP contribution in [0.3, 0.4) is 0 Å². The molecule has 0 aliphatic carbocycles. The SMILES string of the molecule is NC(=O)c1cc(F)c(N[C@@H](CO)c2ccccc2)nc1Nc1ccc2ncccc2c1. The van der Waals surface area contributed by atoms with Crippen molar-refractivity contribution < 1.29 is 14.3 Å². The third-order valence-electron chi connectivity index (χ3n) is 4.80. The average Bonchev–Trinajstić information content (AvgIpc) is 2.79. The zero-order chi connectivity index (χ0) is 21.8. The lowest BCUT2D eigenvalue weighted by Gasteiger charge is -2.19. The summed E-state index contributed by atoms with van der Waals surface area (Å²) in [6.45, 7) is -0.275. The third kappa shape index (κ3) is 4.44. The Kier molecular flexibility index (Phi) is 5.72. The van der Waals surface area contributed by atoms with Gasteiger partial charge in [0.15, 0.2) is 11.6 Å². The van der Waals surface area contributed by atoms with Gasteiger partial charge in [0.05, 0.1) is 23.7 Å². The molecule has 5 N–H and O–H groups in total. The molecule has 1 atom stereocenters. The van der Waals surface area contributed by atoms with Gasteiger partial charge in [-0.2, -0.15) is 0 Å². The van der Waals surface area contributed by atoms with Gasteiger partial charge in [-0.05, 0) is 35.9 Å². The van der Waals surface area contributed by atoms with Gasteiger partial charge in [-0.25, -0.2) is 9.37 Å². The number of carbonyl (C=O) groups is 1. The summed E-state index contributed by atoms with van der Waals surface area (Å²) in [6.07, 6.45) is 1.70. The Hall–Kier alpha value is -4.04. The van der Waals surface area contributed by atoms with Crippen molar-refractivity contribution in [2.24, 2.45) is 5.73 Å². The normalized spacial score (nSPS) is 11.8. The van der Waals surface area contributed by atoms with E-state index in [2.05, 4.69) is 20.6 Å². The van der Waals surface area contributed by atoms with Crippen LogP contribution in [-0.2, 0) is 0 Å². The van der Waals surface area contributed by atoms with Crippen molar-refractivity contribution in [3.63, 3.8) is 0 Å². The monoisotopic (exact) mass is 417 g/mol. The Labute approximate surface area is 177 Å². The Bertz CT molecular complexity index is 1230. The number of halogens is 1. The Morgan fingerprint density at radius 2 is 1.87 bits per heavy atom.